The minimum absolute atomic E-state index is 0.111. The van der Waals surface area contributed by atoms with Gasteiger partial charge in [0, 0.05) is 34.0 Å². The summed E-state index contributed by atoms with van der Waals surface area (Å²) in [6.07, 6.45) is 0. The van der Waals surface area contributed by atoms with Crippen LogP contribution >= 0.6 is 16.1 Å². The van der Waals surface area contributed by atoms with Crippen molar-refractivity contribution < 1.29 is 4.92 Å². The lowest BCUT2D eigenvalue weighted by Crippen LogP contribution is -2.08. The summed E-state index contributed by atoms with van der Waals surface area (Å²) in [7, 11) is 0. The standard InChI is InChI=1S/C14H13BrN2O2/c1-11-2-6-13(7-3-11)16(15)10-12-4-8-14(9-5-12)17(18)19/h2-9H,10H2,1H3. The number of rotatable bonds is 4. The number of nitrogens with zero attached hydrogens (tertiary/aromatic N) is 2. The van der Waals surface area contributed by atoms with Gasteiger partial charge in [-0.1, -0.05) is 29.8 Å². The summed E-state index contributed by atoms with van der Waals surface area (Å²) < 4.78 is 1.92. The number of anilines is 1. The Morgan fingerprint density at radius 1 is 1.11 bits per heavy atom. The number of benzene rings is 2. The van der Waals surface area contributed by atoms with Crippen molar-refractivity contribution in [2.75, 3.05) is 3.93 Å². The number of nitro benzene ring substituents is 1. The van der Waals surface area contributed by atoms with Gasteiger partial charge < -0.3 is 3.93 Å². The third kappa shape index (κ3) is 3.54. The van der Waals surface area contributed by atoms with E-state index in [1.807, 2.05) is 35.1 Å². The summed E-state index contributed by atoms with van der Waals surface area (Å²) in [5, 5.41) is 10.6. The van der Waals surface area contributed by atoms with Crippen LogP contribution in [0.3, 0.4) is 0 Å². The van der Waals surface area contributed by atoms with E-state index in [1.54, 1.807) is 12.1 Å². The van der Waals surface area contributed by atoms with Crippen LogP contribution in [0.5, 0.6) is 0 Å². The van der Waals surface area contributed by atoms with E-state index in [-0.39, 0.29) is 5.69 Å². The Labute approximate surface area is 120 Å². The van der Waals surface area contributed by atoms with Gasteiger partial charge in [-0.05, 0) is 24.6 Å². The van der Waals surface area contributed by atoms with Crippen LogP contribution in [0.1, 0.15) is 11.1 Å². The number of aryl methyl sites for hydroxylation is 1. The second-order valence-corrected chi connectivity index (χ2v) is 5.14. The molecule has 0 heterocycles. The summed E-state index contributed by atoms with van der Waals surface area (Å²) in [4.78, 5) is 10.2. The van der Waals surface area contributed by atoms with E-state index in [2.05, 4.69) is 16.1 Å². The second-order valence-electron chi connectivity index (χ2n) is 4.28. The van der Waals surface area contributed by atoms with Gasteiger partial charge in [0.1, 0.15) is 0 Å². The summed E-state index contributed by atoms with van der Waals surface area (Å²) in [5.41, 5.74) is 3.37. The van der Waals surface area contributed by atoms with Crippen molar-refractivity contribution in [1.29, 1.82) is 0 Å². The van der Waals surface area contributed by atoms with Crippen LogP contribution in [0.25, 0.3) is 0 Å². The Morgan fingerprint density at radius 3 is 2.21 bits per heavy atom. The molecular formula is C14H13BrN2O2. The third-order valence-corrected chi connectivity index (χ3v) is 3.44. The fraction of sp³-hybridized carbons (Fsp3) is 0.143. The largest absolute Gasteiger partial charge is 0.304 e. The molecule has 0 bridgehead atoms. The monoisotopic (exact) mass is 320 g/mol. The molecule has 0 saturated heterocycles. The fourth-order valence-corrected chi connectivity index (χ4v) is 2.21. The molecule has 0 aliphatic carbocycles. The Morgan fingerprint density at radius 2 is 1.68 bits per heavy atom. The molecular weight excluding hydrogens is 308 g/mol. The van der Waals surface area contributed by atoms with Crippen LogP contribution in [0.2, 0.25) is 0 Å². The zero-order chi connectivity index (χ0) is 13.8. The highest BCUT2D eigenvalue weighted by Gasteiger charge is 2.07. The molecule has 0 aliphatic heterocycles. The van der Waals surface area contributed by atoms with Crippen molar-refractivity contribution in [2.45, 2.75) is 13.5 Å². The predicted molar refractivity (Wildman–Crippen MR) is 79.4 cm³/mol. The molecule has 19 heavy (non-hydrogen) atoms. The average molecular weight is 321 g/mol. The van der Waals surface area contributed by atoms with Gasteiger partial charge >= 0.3 is 0 Å². The molecule has 0 spiro atoms. The van der Waals surface area contributed by atoms with Crippen molar-refractivity contribution in [3.05, 3.63) is 69.8 Å². The minimum Gasteiger partial charge on any atom is -0.304 e. The predicted octanol–water partition coefficient (Wildman–Crippen LogP) is 4.22. The van der Waals surface area contributed by atoms with Crippen LogP contribution < -0.4 is 3.93 Å². The summed E-state index contributed by atoms with van der Waals surface area (Å²) in [6, 6.07) is 14.7. The van der Waals surface area contributed by atoms with Crippen LogP contribution in [0.15, 0.2) is 48.5 Å². The maximum Gasteiger partial charge on any atom is 0.269 e. The van der Waals surface area contributed by atoms with Gasteiger partial charge in [-0.3, -0.25) is 10.1 Å². The third-order valence-electron chi connectivity index (χ3n) is 2.78. The second kappa shape index (κ2) is 5.84. The molecule has 0 amide bonds. The average Bonchev–Trinajstić information content (AvgIpc) is 2.40. The zero-order valence-corrected chi connectivity index (χ0v) is 12.0. The van der Waals surface area contributed by atoms with Crippen molar-refractivity contribution in [3.8, 4) is 0 Å². The maximum atomic E-state index is 10.6. The van der Waals surface area contributed by atoms with E-state index in [1.165, 1.54) is 17.7 Å². The molecule has 2 aromatic rings. The van der Waals surface area contributed by atoms with Crippen LogP contribution in [-0.2, 0) is 6.54 Å². The molecule has 0 radical (unpaired) electrons. The Bertz CT molecular complexity index is 567. The lowest BCUT2D eigenvalue weighted by Gasteiger charge is -2.16. The number of non-ortho nitro benzene ring substituents is 1. The molecule has 0 N–H and O–H groups in total. The van der Waals surface area contributed by atoms with Crippen LogP contribution in [-0.4, -0.2) is 4.92 Å². The molecule has 0 aliphatic rings. The quantitative estimate of drug-likeness (QED) is 0.481. The van der Waals surface area contributed by atoms with Gasteiger partial charge in [-0.25, -0.2) is 0 Å². The highest BCUT2D eigenvalue weighted by atomic mass is 79.9. The normalized spacial score (nSPS) is 10.2. The number of halogens is 1. The topological polar surface area (TPSA) is 46.4 Å². The summed E-state index contributed by atoms with van der Waals surface area (Å²) in [5.74, 6) is 0. The molecule has 5 heteroatoms. The molecule has 2 aromatic carbocycles. The van der Waals surface area contributed by atoms with Gasteiger partial charge in [0.2, 0.25) is 0 Å². The molecule has 0 saturated carbocycles. The van der Waals surface area contributed by atoms with E-state index < -0.39 is 4.92 Å². The highest BCUT2D eigenvalue weighted by molar-refractivity contribution is 9.10. The highest BCUT2D eigenvalue weighted by Crippen LogP contribution is 2.22. The molecule has 0 fully saturated rings. The van der Waals surface area contributed by atoms with E-state index in [9.17, 15) is 10.1 Å². The van der Waals surface area contributed by atoms with Crippen LogP contribution in [0, 0.1) is 17.0 Å². The Hall–Kier alpha value is -1.88. The number of hydrogen-bond donors (Lipinski definition) is 0. The van der Waals surface area contributed by atoms with E-state index in [0.29, 0.717) is 6.54 Å². The summed E-state index contributed by atoms with van der Waals surface area (Å²) in [6.45, 7) is 2.68. The van der Waals surface area contributed by atoms with E-state index in [0.717, 1.165) is 11.3 Å². The zero-order valence-electron chi connectivity index (χ0n) is 10.4. The van der Waals surface area contributed by atoms with E-state index >= 15 is 0 Å². The minimum atomic E-state index is -0.393. The smallest absolute Gasteiger partial charge is 0.269 e. The Kier molecular flexibility index (Phi) is 4.16. The van der Waals surface area contributed by atoms with Gasteiger partial charge in [0.15, 0.2) is 0 Å². The summed E-state index contributed by atoms with van der Waals surface area (Å²) >= 11 is 3.49. The van der Waals surface area contributed by atoms with Crippen molar-refractivity contribution in [1.82, 2.24) is 0 Å². The van der Waals surface area contributed by atoms with Crippen molar-refractivity contribution >= 4 is 27.5 Å². The first-order valence-electron chi connectivity index (χ1n) is 5.79. The molecule has 0 aromatic heterocycles. The van der Waals surface area contributed by atoms with Gasteiger partial charge in [0.25, 0.3) is 5.69 Å². The van der Waals surface area contributed by atoms with Crippen LogP contribution in [0.4, 0.5) is 11.4 Å². The first-order chi connectivity index (χ1) is 9.06. The maximum absolute atomic E-state index is 10.6. The lowest BCUT2D eigenvalue weighted by molar-refractivity contribution is -0.384. The Balaban J connectivity index is 2.08. The van der Waals surface area contributed by atoms with Gasteiger partial charge in [0.05, 0.1) is 11.5 Å². The SMILES string of the molecule is Cc1ccc(N(Br)Cc2ccc([N+](=O)[O-])cc2)cc1. The lowest BCUT2D eigenvalue weighted by atomic mass is 10.2. The first kappa shape index (κ1) is 13.5. The fourth-order valence-electron chi connectivity index (χ4n) is 1.68. The van der Waals surface area contributed by atoms with Crippen molar-refractivity contribution in [3.63, 3.8) is 0 Å². The molecule has 98 valence electrons. The molecule has 4 nitrogen and oxygen atoms in total. The molecule has 0 unspecified atom stereocenters. The molecule has 2 rings (SSSR count). The van der Waals surface area contributed by atoms with Crippen molar-refractivity contribution in [2.24, 2.45) is 0 Å². The van der Waals surface area contributed by atoms with Gasteiger partial charge in [-0.2, -0.15) is 0 Å². The van der Waals surface area contributed by atoms with E-state index in [4.69, 9.17) is 0 Å². The van der Waals surface area contributed by atoms with Gasteiger partial charge in [-0.15, -0.1) is 0 Å². The number of nitro groups is 1. The first-order valence-corrected chi connectivity index (χ1v) is 6.50. The number of hydrogen-bond acceptors (Lipinski definition) is 3. The molecule has 0 atom stereocenters.